The fourth-order valence-corrected chi connectivity index (χ4v) is 1.17. The van der Waals surface area contributed by atoms with Crippen molar-refractivity contribution in [1.82, 2.24) is 0 Å². The molecular weight excluding hydrogens is 184 g/mol. The number of hydrogen-bond acceptors (Lipinski definition) is 4. The Balaban J connectivity index is 2.00. The number of ether oxygens (including phenoxy) is 4. The Morgan fingerprint density at radius 2 is 0.643 bits per heavy atom. The third-order valence-corrected chi connectivity index (χ3v) is 1.94. The fourth-order valence-electron chi connectivity index (χ4n) is 1.17. The fraction of sp³-hybridized carbons (Fsp3) is 1.00. The molecule has 4 nitrogen and oxygen atoms in total. The Kier molecular flexibility index (Phi) is 8.00. The zero-order valence-corrected chi connectivity index (χ0v) is 8.70. The molecule has 0 saturated carbocycles. The first-order valence-corrected chi connectivity index (χ1v) is 5.31. The summed E-state index contributed by atoms with van der Waals surface area (Å²) in [6.07, 6.45) is 2.11. The maximum Gasteiger partial charge on any atom is 0.0701 e. The average molecular weight is 204 g/mol. The summed E-state index contributed by atoms with van der Waals surface area (Å²) in [5.74, 6) is 0. The SMILES string of the molecule is C1CCOCCOCCOCCOC1. The second-order valence-electron chi connectivity index (χ2n) is 3.16. The molecule has 1 saturated heterocycles. The van der Waals surface area contributed by atoms with E-state index < -0.39 is 0 Å². The molecule has 0 N–H and O–H groups in total. The second-order valence-corrected chi connectivity index (χ2v) is 3.16. The Labute approximate surface area is 85.5 Å². The molecule has 0 unspecified atom stereocenters. The summed E-state index contributed by atoms with van der Waals surface area (Å²) >= 11 is 0. The molecule has 14 heavy (non-hydrogen) atoms. The summed E-state index contributed by atoms with van der Waals surface area (Å²) in [7, 11) is 0. The van der Waals surface area contributed by atoms with E-state index in [4.69, 9.17) is 18.9 Å². The van der Waals surface area contributed by atoms with E-state index in [1.165, 1.54) is 0 Å². The first kappa shape index (κ1) is 11.9. The summed E-state index contributed by atoms with van der Waals surface area (Å²) in [5.41, 5.74) is 0. The molecule has 1 rings (SSSR count). The molecule has 0 aromatic carbocycles. The molecule has 0 atom stereocenters. The van der Waals surface area contributed by atoms with Gasteiger partial charge in [0, 0.05) is 13.2 Å². The van der Waals surface area contributed by atoms with Crippen LogP contribution in [0.1, 0.15) is 12.8 Å². The van der Waals surface area contributed by atoms with Gasteiger partial charge in [0.05, 0.1) is 39.6 Å². The van der Waals surface area contributed by atoms with E-state index in [0.29, 0.717) is 39.6 Å². The van der Waals surface area contributed by atoms with Crippen LogP contribution in [0.4, 0.5) is 0 Å². The van der Waals surface area contributed by atoms with Gasteiger partial charge in [-0.15, -0.1) is 0 Å². The molecule has 0 aromatic heterocycles. The van der Waals surface area contributed by atoms with Crippen LogP contribution in [-0.4, -0.2) is 52.9 Å². The zero-order valence-electron chi connectivity index (χ0n) is 8.70. The maximum absolute atomic E-state index is 5.36. The quantitative estimate of drug-likeness (QED) is 0.586. The summed E-state index contributed by atoms with van der Waals surface area (Å²) in [6, 6.07) is 0. The van der Waals surface area contributed by atoms with Crippen molar-refractivity contribution in [2.24, 2.45) is 0 Å². The Hall–Kier alpha value is -0.160. The first-order chi connectivity index (χ1) is 7.00. The van der Waals surface area contributed by atoms with E-state index in [1.807, 2.05) is 0 Å². The van der Waals surface area contributed by atoms with Crippen molar-refractivity contribution in [3.05, 3.63) is 0 Å². The monoisotopic (exact) mass is 204 g/mol. The van der Waals surface area contributed by atoms with Gasteiger partial charge in [-0.2, -0.15) is 0 Å². The highest BCUT2D eigenvalue weighted by Crippen LogP contribution is 1.93. The van der Waals surface area contributed by atoms with Crippen LogP contribution in [0, 0.1) is 0 Å². The average Bonchev–Trinajstić information content (AvgIpc) is 2.22. The lowest BCUT2D eigenvalue weighted by Gasteiger charge is -2.09. The van der Waals surface area contributed by atoms with Crippen LogP contribution in [0.5, 0.6) is 0 Å². The Morgan fingerprint density at radius 3 is 1.00 bits per heavy atom. The van der Waals surface area contributed by atoms with E-state index in [2.05, 4.69) is 0 Å². The molecule has 1 aliphatic rings. The summed E-state index contributed by atoms with van der Waals surface area (Å²) < 4.78 is 21.3. The first-order valence-electron chi connectivity index (χ1n) is 5.31. The van der Waals surface area contributed by atoms with Gasteiger partial charge in [-0.3, -0.25) is 0 Å². The van der Waals surface area contributed by atoms with Crippen LogP contribution in [0.2, 0.25) is 0 Å². The lowest BCUT2D eigenvalue weighted by Crippen LogP contribution is -2.13. The van der Waals surface area contributed by atoms with Crippen molar-refractivity contribution in [3.8, 4) is 0 Å². The van der Waals surface area contributed by atoms with Gasteiger partial charge >= 0.3 is 0 Å². The van der Waals surface area contributed by atoms with Crippen molar-refractivity contribution < 1.29 is 18.9 Å². The highest BCUT2D eigenvalue weighted by atomic mass is 16.6. The highest BCUT2D eigenvalue weighted by molar-refractivity contribution is 4.41. The van der Waals surface area contributed by atoms with Crippen molar-refractivity contribution >= 4 is 0 Å². The topological polar surface area (TPSA) is 36.9 Å². The third kappa shape index (κ3) is 7.26. The minimum absolute atomic E-state index is 0.642. The van der Waals surface area contributed by atoms with Gasteiger partial charge < -0.3 is 18.9 Å². The van der Waals surface area contributed by atoms with Gasteiger partial charge in [-0.25, -0.2) is 0 Å². The van der Waals surface area contributed by atoms with Crippen molar-refractivity contribution in [2.45, 2.75) is 12.8 Å². The summed E-state index contributed by atoms with van der Waals surface area (Å²) in [5, 5.41) is 0. The highest BCUT2D eigenvalue weighted by Gasteiger charge is 1.95. The van der Waals surface area contributed by atoms with Gasteiger partial charge in [0.1, 0.15) is 0 Å². The van der Waals surface area contributed by atoms with Gasteiger partial charge in [0.15, 0.2) is 0 Å². The molecule has 0 aromatic rings. The van der Waals surface area contributed by atoms with Gasteiger partial charge in [0.2, 0.25) is 0 Å². The minimum Gasteiger partial charge on any atom is -0.379 e. The predicted molar refractivity (Wildman–Crippen MR) is 52.5 cm³/mol. The third-order valence-electron chi connectivity index (χ3n) is 1.94. The van der Waals surface area contributed by atoms with E-state index >= 15 is 0 Å². The Morgan fingerprint density at radius 1 is 0.357 bits per heavy atom. The predicted octanol–water partition coefficient (Wildman–Crippen LogP) is 0.847. The van der Waals surface area contributed by atoms with Gasteiger partial charge in [-0.1, -0.05) is 0 Å². The summed E-state index contributed by atoms with van der Waals surface area (Å²) in [4.78, 5) is 0. The van der Waals surface area contributed by atoms with Crippen LogP contribution in [0.3, 0.4) is 0 Å². The lowest BCUT2D eigenvalue weighted by atomic mass is 10.3. The van der Waals surface area contributed by atoms with E-state index in [1.54, 1.807) is 0 Å². The van der Waals surface area contributed by atoms with Crippen LogP contribution >= 0.6 is 0 Å². The molecule has 1 aliphatic heterocycles. The number of rotatable bonds is 0. The molecule has 0 radical (unpaired) electrons. The molecule has 1 fully saturated rings. The van der Waals surface area contributed by atoms with Crippen LogP contribution < -0.4 is 0 Å². The smallest absolute Gasteiger partial charge is 0.0701 e. The standard InChI is InChI=1S/C10H20O4/c1-2-4-12-6-8-14-10-9-13-7-5-11-3-1/h1-10H2. The molecule has 0 aliphatic carbocycles. The maximum atomic E-state index is 5.36. The van der Waals surface area contributed by atoms with Crippen molar-refractivity contribution in [2.75, 3.05) is 52.9 Å². The number of hydrogen-bond donors (Lipinski definition) is 0. The molecule has 0 spiro atoms. The Bertz CT molecular complexity index is 65.4. The molecular formula is C10H20O4. The van der Waals surface area contributed by atoms with Crippen molar-refractivity contribution in [3.63, 3.8) is 0 Å². The van der Waals surface area contributed by atoms with Crippen LogP contribution in [-0.2, 0) is 18.9 Å². The van der Waals surface area contributed by atoms with E-state index in [0.717, 1.165) is 26.1 Å². The van der Waals surface area contributed by atoms with E-state index in [9.17, 15) is 0 Å². The summed E-state index contributed by atoms with van der Waals surface area (Å²) in [6.45, 7) is 5.60. The zero-order chi connectivity index (χ0) is 9.90. The van der Waals surface area contributed by atoms with Crippen LogP contribution in [0.15, 0.2) is 0 Å². The molecule has 0 amide bonds. The molecule has 84 valence electrons. The van der Waals surface area contributed by atoms with Crippen LogP contribution in [0.25, 0.3) is 0 Å². The van der Waals surface area contributed by atoms with Gasteiger partial charge in [0.25, 0.3) is 0 Å². The molecule has 0 bridgehead atoms. The largest absolute Gasteiger partial charge is 0.379 e. The normalized spacial score (nSPS) is 24.0. The van der Waals surface area contributed by atoms with Gasteiger partial charge in [-0.05, 0) is 12.8 Å². The second kappa shape index (κ2) is 9.40. The van der Waals surface area contributed by atoms with Crippen molar-refractivity contribution in [1.29, 1.82) is 0 Å². The molecule has 1 heterocycles. The molecule has 4 heteroatoms. The van der Waals surface area contributed by atoms with E-state index in [-0.39, 0.29) is 0 Å². The lowest BCUT2D eigenvalue weighted by molar-refractivity contribution is -0.00955. The minimum atomic E-state index is 0.642.